The van der Waals surface area contributed by atoms with E-state index in [0.717, 1.165) is 0 Å². The SMILES string of the molecule is CCC=CC(=O)N(Cc1ccc(F)cc1)[C@@H]1C=C(C(=O)NCCO)[C@@H]2c3cc(CO)cc(OC)c3O[C@@H]2[C@H]1O. The van der Waals surface area contributed by atoms with Crippen LogP contribution in [0.15, 0.2) is 60.2 Å². The number of nitrogens with one attached hydrogen (secondary N) is 1. The van der Waals surface area contributed by atoms with Crippen molar-refractivity contribution in [2.45, 2.75) is 50.7 Å². The third kappa shape index (κ3) is 5.83. The van der Waals surface area contributed by atoms with Crippen LogP contribution in [0.4, 0.5) is 4.39 Å². The van der Waals surface area contributed by atoms with E-state index in [0.29, 0.717) is 34.6 Å². The fourth-order valence-electron chi connectivity index (χ4n) is 5.05. The molecule has 10 heteroatoms. The molecule has 2 aliphatic rings. The highest BCUT2D eigenvalue weighted by Gasteiger charge is 2.51. The fourth-order valence-corrected chi connectivity index (χ4v) is 5.05. The van der Waals surface area contributed by atoms with Gasteiger partial charge in [-0.3, -0.25) is 9.59 Å². The number of allylic oxidation sites excluding steroid dienone is 1. The predicted molar refractivity (Wildman–Crippen MR) is 140 cm³/mol. The zero-order valence-electron chi connectivity index (χ0n) is 21.8. The van der Waals surface area contributed by atoms with Crippen LogP contribution < -0.4 is 14.8 Å². The topological polar surface area (TPSA) is 129 Å². The monoisotopic (exact) mass is 540 g/mol. The molecule has 0 spiro atoms. The van der Waals surface area contributed by atoms with Gasteiger partial charge in [-0.25, -0.2) is 4.39 Å². The molecule has 2 amide bonds. The molecule has 39 heavy (non-hydrogen) atoms. The van der Waals surface area contributed by atoms with Gasteiger partial charge in [0.2, 0.25) is 11.8 Å². The summed E-state index contributed by atoms with van der Waals surface area (Å²) in [4.78, 5) is 28.1. The number of methoxy groups -OCH3 is 1. The number of fused-ring (bicyclic) bond motifs is 3. The van der Waals surface area contributed by atoms with Crippen molar-refractivity contribution in [3.8, 4) is 11.5 Å². The maximum Gasteiger partial charge on any atom is 0.247 e. The Morgan fingerprint density at radius 3 is 2.56 bits per heavy atom. The van der Waals surface area contributed by atoms with Gasteiger partial charge in [0.15, 0.2) is 11.5 Å². The molecular weight excluding hydrogens is 507 g/mol. The van der Waals surface area contributed by atoms with Crippen molar-refractivity contribution in [3.63, 3.8) is 0 Å². The van der Waals surface area contributed by atoms with Crippen molar-refractivity contribution < 1.29 is 38.8 Å². The van der Waals surface area contributed by atoms with E-state index in [1.807, 2.05) is 6.92 Å². The summed E-state index contributed by atoms with van der Waals surface area (Å²) in [5, 5.41) is 33.4. The van der Waals surface area contributed by atoms with Crippen molar-refractivity contribution in [1.29, 1.82) is 0 Å². The Kier molecular flexibility index (Phi) is 9.01. The van der Waals surface area contributed by atoms with Gasteiger partial charge >= 0.3 is 0 Å². The van der Waals surface area contributed by atoms with E-state index >= 15 is 0 Å². The number of amides is 2. The highest BCUT2D eigenvalue weighted by Crippen LogP contribution is 2.51. The van der Waals surface area contributed by atoms with Gasteiger partial charge in [0, 0.05) is 24.2 Å². The van der Waals surface area contributed by atoms with E-state index in [1.165, 1.54) is 30.2 Å². The Morgan fingerprint density at radius 1 is 1.18 bits per heavy atom. The standard InChI is InChI=1S/C29H33FN2O7/c1-3-4-5-24(35)32(15-17-6-8-19(30)9-7-17)22-14-21(29(37)31-10-11-33)25-20-12-18(16-34)13-23(38-2)27(20)39-28(25)26(22)36/h4-9,12-14,22,25-26,28,33-34,36H,3,10-11,15-16H2,1-2H3,(H,31,37)/t22-,25+,26+,28+/m1/s1. The second-order valence-electron chi connectivity index (χ2n) is 9.42. The maximum atomic E-state index is 13.6. The Balaban J connectivity index is 1.82. The lowest BCUT2D eigenvalue weighted by atomic mass is 9.77. The van der Waals surface area contributed by atoms with Gasteiger partial charge in [-0.15, -0.1) is 0 Å². The number of aliphatic hydroxyl groups is 3. The molecule has 1 aliphatic heterocycles. The number of carbonyl (C=O) groups excluding carboxylic acids is 2. The van der Waals surface area contributed by atoms with Crippen molar-refractivity contribution in [2.24, 2.45) is 0 Å². The summed E-state index contributed by atoms with van der Waals surface area (Å²) in [6, 6.07) is 8.04. The summed E-state index contributed by atoms with van der Waals surface area (Å²) < 4.78 is 25.2. The molecule has 0 unspecified atom stereocenters. The molecule has 0 saturated heterocycles. The van der Waals surface area contributed by atoms with Gasteiger partial charge in [0.25, 0.3) is 0 Å². The Hall–Kier alpha value is -3.73. The van der Waals surface area contributed by atoms with Crippen LogP contribution in [0.1, 0.15) is 36.0 Å². The number of hydrogen-bond acceptors (Lipinski definition) is 7. The van der Waals surface area contributed by atoms with Crippen LogP contribution in [-0.2, 0) is 22.7 Å². The van der Waals surface area contributed by atoms with Crippen molar-refractivity contribution >= 4 is 11.8 Å². The van der Waals surface area contributed by atoms with E-state index in [2.05, 4.69) is 5.32 Å². The molecule has 0 radical (unpaired) electrons. The van der Waals surface area contributed by atoms with E-state index in [4.69, 9.17) is 9.47 Å². The molecule has 0 saturated carbocycles. The Morgan fingerprint density at radius 2 is 1.92 bits per heavy atom. The lowest BCUT2D eigenvalue weighted by Gasteiger charge is -2.40. The maximum absolute atomic E-state index is 13.6. The first-order valence-corrected chi connectivity index (χ1v) is 12.8. The van der Waals surface area contributed by atoms with Gasteiger partial charge < -0.3 is 35.0 Å². The molecule has 0 fully saturated rings. The van der Waals surface area contributed by atoms with Gasteiger partial charge in [0.05, 0.1) is 32.3 Å². The van der Waals surface area contributed by atoms with Crippen LogP contribution in [-0.4, -0.2) is 70.5 Å². The third-order valence-electron chi connectivity index (χ3n) is 6.90. The molecule has 1 aliphatic carbocycles. The molecule has 4 atom stereocenters. The second kappa shape index (κ2) is 12.4. The van der Waals surface area contributed by atoms with Crippen LogP contribution in [0.5, 0.6) is 11.5 Å². The first-order valence-electron chi connectivity index (χ1n) is 12.8. The largest absolute Gasteiger partial charge is 0.493 e. The Labute approximate surface area is 226 Å². The average molecular weight is 541 g/mol. The molecule has 2 aromatic carbocycles. The lowest BCUT2D eigenvalue weighted by Crippen LogP contribution is -2.55. The summed E-state index contributed by atoms with van der Waals surface area (Å²) >= 11 is 0. The smallest absolute Gasteiger partial charge is 0.247 e. The second-order valence-corrected chi connectivity index (χ2v) is 9.42. The van der Waals surface area contributed by atoms with Crippen LogP contribution in [0.25, 0.3) is 0 Å². The Bertz CT molecular complexity index is 1260. The lowest BCUT2D eigenvalue weighted by molar-refractivity contribution is -0.133. The van der Waals surface area contributed by atoms with E-state index in [-0.39, 0.29) is 31.9 Å². The minimum atomic E-state index is -1.25. The van der Waals surface area contributed by atoms with Crippen LogP contribution in [0.3, 0.4) is 0 Å². The van der Waals surface area contributed by atoms with Crippen LogP contribution >= 0.6 is 0 Å². The molecule has 1 heterocycles. The molecule has 4 N–H and O–H groups in total. The van der Waals surface area contributed by atoms with Crippen LogP contribution in [0.2, 0.25) is 0 Å². The number of halogens is 1. The van der Waals surface area contributed by atoms with E-state index in [1.54, 1.807) is 36.4 Å². The van der Waals surface area contributed by atoms with Gasteiger partial charge in [-0.2, -0.15) is 0 Å². The molecule has 0 bridgehead atoms. The number of hydrogen-bond donors (Lipinski definition) is 4. The number of benzene rings is 2. The first kappa shape index (κ1) is 28.3. The van der Waals surface area contributed by atoms with Gasteiger partial charge in [0.1, 0.15) is 18.0 Å². The minimum absolute atomic E-state index is 0.00591. The van der Waals surface area contributed by atoms with E-state index in [9.17, 15) is 29.3 Å². The van der Waals surface area contributed by atoms with Gasteiger partial charge in [-0.1, -0.05) is 25.1 Å². The predicted octanol–water partition coefficient (Wildman–Crippen LogP) is 1.94. The van der Waals surface area contributed by atoms with Crippen molar-refractivity contribution in [1.82, 2.24) is 10.2 Å². The van der Waals surface area contributed by atoms with E-state index < -0.39 is 41.8 Å². The number of nitrogens with zero attached hydrogens (tertiary/aromatic N) is 1. The normalized spacial score (nSPS) is 21.5. The third-order valence-corrected chi connectivity index (χ3v) is 6.90. The average Bonchev–Trinajstić information content (AvgIpc) is 3.34. The molecule has 4 rings (SSSR count). The molecule has 0 aromatic heterocycles. The van der Waals surface area contributed by atoms with Crippen LogP contribution in [0, 0.1) is 5.82 Å². The molecule has 2 aromatic rings. The highest BCUT2D eigenvalue weighted by molar-refractivity contribution is 5.96. The molecular formula is C29H33FN2O7. The van der Waals surface area contributed by atoms with Crippen molar-refractivity contribution in [3.05, 3.63) is 82.7 Å². The number of carbonyl (C=O) groups is 2. The summed E-state index contributed by atoms with van der Waals surface area (Å²) in [5.74, 6) is -1.34. The number of rotatable bonds is 10. The number of aliphatic hydroxyl groups excluding tert-OH is 3. The summed E-state index contributed by atoms with van der Waals surface area (Å²) in [5.41, 5.74) is 1.98. The van der Waals surface area contributed by atoms with Gasteiger partial charge in [-0.05, 0) is 54.0 Å². The zero-order chi connectivity index (χ0) is 28.1. The quantitative estimate of drug-likeness (QED) is 0.339. The summed E-state index contributed by atoms with van der Waals surface area (Å²) in [7, 11) is 1.45. The summed E-state index contributed by atoms with van der Waals surface area (Å²) in [6.07, 6.45) is 3.06. The minimum Gasteiger partial charge on any atom is -0.493 e. The summed E-state index contributed by atoms with van der Waals surface area (Å²) in [6.45, 7) is 1.39. The molecule has 208 valence electrons. The first-order chi connectivity index (χ1) is 18.8. The van der Waals surface area contributed by atoms with Crippen molar-refractivity contribution in [2.75, 3.05) is 20.3 Å². The number of ether oxygens (including phenoxy) is 2. The highest BCUT2D eigenvalue weighted by atomic mass is 19.1. The fraction of sp³-hybridized carbons (Fsp3) is 0.379. The zero-order valence-corrected chi connectivity index (χ0v) is 21.8. The molecule has 9 nitrogen and oxygen atoms in total.